The quantitative estimate of drug-likeness (QED) is 0.477. The number of thioether (sulfide) groups is 1. The van der Waals surface area contributed by atoms with Crippen molar-refractivity contribution in [2.75, 3.05) is 5.75 Å². The van der Waals surface area contributed by atoms with Gasteiger partial charge in [-0.3, -0.25) is 9.36 Å². The maximum absolute atomic E-state index is 12.1. The number of carbonyl (C=O) groups is 1. The first-order chi connectivity index (χ1) is 10.2. The van der Waals surface area contributed by atoms with Gasteiger partial charge in [-0.05, 0) is 40.2 Å². The number of hydrogen-bond acceptors (Lipinski definition) is 4. The molecule has 1 aromatic carbocycles. The lowest BCUT2D eigenvalue weighted by molar-refractivity contribution is 0.102. The molecule has 106 valence electrons. The summed E-state index contributed by atoms with van der Waals surface area (Å²) < 4.78 is 2.96. The van der Waals surface area contributed by atoms with E-state index >= 15 is 0 Å². The second-order valence-corrected chi connectivity index (χ2v) is 7.64. The van der Waals surface area contributed by atoms with Crippen LogP contribution >= 0.6 is 39.0 Å². The molecule has 0 saturated carbocycles. The molecule has 0 N–H and O–H groups in total. The van der Waals surface area contributed by atoms with Crippen LogP contribution in [0.25, 0.3) is 5.69 Å². The molecule has 2 heterocycles. The number of rotatable bonds is 5. The van der Waals surface area contributed by atoms with Gasteiger partial charge in [-0.15, -0.1) is 11.3 Å². The van der Waals surface area contributed by atoms with Gasteiger partial charge in [0.1, 0.15) is 0 Å². The van der Waals surface area contributed by atoms with Crippen LogP contribution < -0.4 is 0 Å². The van der Waals surface area contributed by atoms with Crippen molar-refractivity contribution in [2.45, 2.75) is 5.16 Å². The molecule has 3 nitrogen and oxygen atoms in total. The second kappa shape index (κ2) is 6.60. The maximum atomic E-state index is 12.1. The Kier molecular flexibility index (Phi) is 4.57. The Labute approximate surface area is 139 Å². The molecule has 21 heavy (non-hydrogen) atoms. The normalized spacial score (nSPS) is 10.7. The fraction of sp³-hybridized carbons (Fsp3) is 0.0667. The first kappa shape index (κ1) is 14.6. The molecule has 6 heteroatoms. The van der Waals surface area contributed by atoms with Crippen LogP contribution in [0.4, 0.5) is 0 Å². The summed E-state index contributed by atoms with van der Waals surface area (Å²) in [6.45, 7) is 0. The third-order valence-electron chi connectivity index (χ3n) is 2.82. The molecule has 0 aliphatic heterocycles. The van der Waals surface area contributed by atoms with E-state index in [0.29, 0.717) is 5.75 Å². The number of ketones is 1. The van der Waals surface area contributed by atoms with Crippen molar-refractivity contribution in [3.63, 3.8) is 0 Å². The molecule has 0 spiro atoms. The fourth-order valence-electron chi connectivity index (χ4n) is 1.85. The number of halogens is 1. The summed E-state index contributed by atoms with van der Waals surface area (Å²) in [6, 6.07) is 13.7. The summed E-state index contributed by atoms with van der Waals surface area (Å²) in [5, 5.41) is 0.824. The highest BCUT2D eigenvalue weighted by molar-refractivity contribution is 9.11. The summed E-state index contributed by atoms with van der Waals surface area (Å²) in [7, 11) is 0. The van der Waals surface area contributed by atoms with E-state index in [-0.39, 0.29) is 5.78 Å². The van der Waals surface area contributed by atoms with Crippen molar-refractivity contribution in [3.05, 3.63) is 63.5 Å². The van der Waals surface area contributed by atoms with Gasteiger partial charge in [0, 0.05) is 18.1 Å². The molecule has 3 rings (SSSR count). The van der Waals surface area contributed by atoms with Crippen LogP contribution in [0.3, 0.4) is 0 Å². The van der Waals surface area contributed by atoms with Gasteiger partial charge in [-0.25, -0.2) is 4.98 Å². The summed E-state index contributed by atoms with van der Waals surface area (Å²) in [6.07, 6.45) is 3.66. The molecular weight excluding hydrogens is 368 g/mol. The minimum absolute atomic E-state index is 0.123. The SMILES string of the molecule is O=C(CSc1nccn1-c1ccccc1)c1ccc(Br)s1. The van der Waals surface area contributed by atoms with Crippen LogP contribution in [0.5, 0.6) is 0 Å². The third-order valence-corrected chi connectivity index (χ3v) is 5.45. The monoisotopic (exact) mass is 378 g/mol. The smallest absolute Gasteiger partial charge is 0.183 e. The van der Waals surface area contributed by atoms with Gasteiger partial charge in [0.05, 0.1) is 14.4 Å². The minimum Gasteiger partial charge on any atom is -0.295 e. The number of thiophene rings is 1. The lowest BCUT2D eigenvalue weighted by Crippen LogP contribution is -2.02. The Morgan fingerprint density at radius 2 is 2.05 bits per heavy atom. The standard InChI is InChI=1S/C15H11BrN2OS2/c16-14-7-6-13(21-14)12(19)10-20-15-17-8-9-18(15)11-4-2-1-3-5-11/h1-9H,10H2. The highest BCUT2D eigenvalue weighted by Gasteiger charge is 2.12. The molecular formula is C15H11BrN2OS2. The fourth-order valence-corrected chi connectivity index (χ4v) is 4.12. The first-order valence-electron chi connectivity index (χ1n) is 6.24. The maximum Gasteiger partial charge on any atom is 0.183 e. The van der Waals surface area contributed by atoms with E-state index in [1.165, 1.54) is 23.1 Å². The Balaban J connectivity index is 1.72. The number of para-hydroxylation sites is 1. The predicted molar refractivity (Wildman–Crippen MR) is 90.6 cm³/mol. The number of benzene rings is 1. The van der Waals surface area contributed by atoms with Crippen molar-refractivity contribution in [3.8, 4) is 5.69 Å². The molecule has 0 aliphatic carbocycles. The second-order valence-electron chi connectivity index (χ2n) is 4.23. The lowest BCUT2D eigenvalue weighted by Gasteiger charge is -2.06. The van der Waals surface area contributed by atoms with E-state index in [4.69, 9.17) is 0 Å². The average Bonchev–Trinajstić information content (AvgIpc) is 3.14. The number of hydrogen-bond donors (Lipinski definition) is 0. The van der Waals surface area contributed by atoms with Crippen molar-refractivity contribution in [1.29, 1.82) is 0 Å². The van der Waals surface area contributed by atoms with Gasteiger partial charge in [0.25, 0.3) is 0 Å². The van der Waals surface area contributed by atoms with Gasteiger partial charge in [-0.1, -0.05) is 30.0 Å². The van der Waals surface area contributed by atoms with Gasteiger partial charge < -0.3 is 0 Å². The Morgan fingerprint density at radius 1 is 1.24 bits per heavy atom. The zero-order chi connectivity index (χ0) is 14.7. The number of aromatic nitrogens is 2. The largest absolute Gasteiger partial charge is 0.295 e. The molecule has 0 radical (unpaired) electrons. The molecule has 0 atom stereocenters. The molecule has 0 bridgehead atoms. The van der Waals surface area contributed by atoms with Crippen LogP contribution in [0.1, 0.15) is 9.67 Å². The molecule has 3 aromatic rings. The van der Waals surface area contributed by atoms with Crippen molar-refractivity contribution >= 4 is 44.8 Å². The lowest BCUT2D eigenvalue weighted by atomic mass is 10.3. The first-order valence-corrected chi connectivity index (χ1v) is 8.83. The van der Waals surface area contributed by atoms with E-state index in [9.17, 15) is 4.79 Å². The summed E-state index contributed by atoms with van der Waals surface area (Å²) >= 11 is 6.29. The van der Waals surface area contributed by atoms with Crippen LogP contribution in [-0.4, -0.2) is 21.1 Å². The van der Waals surface area contributed by atoms with Crippen molar-refractivity contribution in [2.24, 2.45) is 0 Å². The molecule has 0 unspecified atom stereocenters. The summed E-state index contributed by atoms with van der Waals surface area (Å²) in [5.41, 5.74) is 1.05. The molecule has 0 fully saturated rings. The van der Waals surface area contributed by atoms with E-state index in [0.717, 1.165) is 19.5 Å². The Hall–Kier alpha value is -1.37. The number of imidazole rings is 1. The topological polar surface area (TPSA) is 34.9 Å². The van der Waals surface area contributed by atoms with Gasteiger partial charge in [0.2, 0.25) is 0 Å². The van der Waals surface area contributed by atoms with E-state index in [1.807, 2.05) is 53.2 Å². The van der Waals surface area contributed by atoms with Crippen molar-refractivity contribution in [1.82, 2.24) is 9.55 Å². The molecule has 0 amide bonds. The third kappa shape index (κ3) is 3.45. The molecule has 0 aliphatic rings. The number of Topliss-reactive ketones (excluding diaryl/α,β-unsaturated/α-hetero) is 1. The minimum atomic E-state index is 0.123. The van der Waals surface area contributed by atoms with E-state index in [2.05, 4.69) is 20.9 Å². The zero-order valence-electron chi connectivity index (χ0n) is 10.9. The van der Waals surface area contributed by atoms with Crippen LogP contribution in [0.2, 0.25) is 0 Å². The van der Waals surface area contributed by atoms with Gasteiger partial charge in [-0.2, -0.15) is 0 Å². The predicted octanol–water partition coefficient (Wildman–Crippen LogP) is 4.67. The zero-order valence-corrected chi connectivity index (χ0v) is 14.1. The van der Waals surface area contributed by atoms with Gasteiger partial charge in [0.15, 0.2) is 10.9 Å². The summed E-state index contributed by atoms with van der Waals surface area (Å²) in [4.78, 5) is 17.2. The highest BCUT2D eigenvalue weighted by atomic mass is 79.9. The van der Waals surface area contributed by atoms with Crippen LogP contribution in [0.15, 0.2) is 63.8 Å². The Bertz CT molecular complexity index is 752. The van der Waals surface area contributed by atoms with Crippen LogP contribution in [0, 0.1) is 0 Å². The van der Waals surface area contributed by atoms with Gasteiger partial charge >= 0.3 is 0 Å². The summed E-state index contributed by atoms with van der Waals surface area (Å²) in [5.74, 6) is 0.509. The van der Waals surface area contributed by atoms with Crippen molar-refractivity contribution < 1.29 is 4.79 Å². The Morgan fingerprint density at radius 3 is 2.76 bits per heavy atom. The average molecular weight is 379 g/mol. The van der Waals surface area contributed by atoms with Crippen LogP contribution in [-0.2, 0) is 0 Å². The number of nitrogens with zero attached hydrogens (tertiary/aromatic N) is 2. The number of carbonyl (C=O) groups excluding carboxylic acids is 1. The molecule has 0 saturated heterocycles. The van der Waals surface area contributed by atoms with E-state index < -0.39 is 0 Å². The highest BCUT2D eigenvalue weighted by Crippen LogP contribution is 2.25. The molecule has 2 aromatic heterocycles. The van der Waals surface area contributed by atoms with E-state index in [1.54, 1.807) is 6.20 Å².